The lowest BCUT2D eigenvalue weighted by Gasteiger charge is -2.06. The average molecular weight is 289 g/mol. The lowest BCUT2D eigenvalue weighted by Crippen LogP contribution is -2.00. The molecule has 0 fully saturated rings. The summed E-state index contributed by atoms with van der Waals surface area (Å²) in [5, 5.41) is 5.59. The van der Waals surface area contributed by atoms with E-state index in [1.54, 1.807) is 17.4 Å². The fourth-order valence-electron chi connectivity index (χ4n) is 2.17. The van der Waals surface area contributed by atoms with Gasteiger partial charge in [-0.3, -0.25) is 0 Å². The van der Waals surface area contributed by atoms with Crippen LogP contribution in [0.3, 0.4) is 0 Å². The van der Waals surface area contributed by atoms with E-state index in [0.717, 1.165) is 16.6 Å². The Kier molecular flexibility index (Phi) is 3.40. The maximum Gasteiger partial charge on any atom is 0.159 e. The van der Waals surface area contributed by atoms with Gasteiger partial charge in [0.15, 0.2) is 11.6 Å². The number of anilines is 1. The van der Waals surface area contributed by atoms with Crippen LogP contribution in [0.5, 0.6) is 0 Å². The van der Waals surface area contributed by atoms with Crippen molar-refractivity contribution in [2.24, 2.45) is 0 Å². The largest absolute Gasteiger partial charge is 0.373 e. The van der Waals surface area contributed by atoms with E-state index in [-0.39, 0.29) is 0 Å². The van der Waals surface area contributed by atoms with Gasteiger partial charge in [0.25, 0.3) is 0 Å². The first-order valence-corrected chi connectivity index (χ1v) is 7.13. The molecule has 0 radical (unpaired) electrons. The van der Waals surface area contributed by atoms with Crippen molar-refractivity contribution < 1.29 is 8.78 Å². The Morgan fingerprint density at radius 3 is 2.60 bits per heavy atom. The number of nitrogens with one attached hydrogen (secondary N) is 1. The topological polar surface area (TPSA) is 12.0 Å². The molecular weight excluding hydrogens is 276 g/mol. The monoisotopic (exact) mass is 289 g/mol. The molecule has 0 aliphatic rings. The number of hydrogen-bond donors (Lipinski definition) is 1. The molecule has 0 unspecified atom stereocenters. The van der Waals surface area contributed by atoms with Gasteiger partial charge < -0.3 is 5.32 Å². The maximum absolute atomic E-state index is 13.2. The van der Waals surface area contributed by atoms with E-state index in [1.807, 2.05) is 12.1 Å². The first kappa shape index (κ1) is 13.1. The molecule has 0 saturated carbocycles. The van der Waals surface area contributed by atoms with Crippen LogP contribution < -0.4 is 5.32 Å². The first-order chi connectivity index (χ1) is 9.65. The first-order valence-electron chi connectivity index (χ1n) is 6.31. The van der Waals surface area contributed by atoms with Gasteiger partial charge in [-0.25, -0.2) is 8.78 Å². The molecule has 3 rings (SSSR count). The Balaban J connectivity index is 1.83. The highest BCUT2D eigenvalue weighted by Crippen LogP contribution is 2.34. The van der Waals surface area contributed by atoms with E-state index in [1.165, 1.54) is 21.7 Å². The molecule has 1 N–H and O–H groups in total. The van der Waals surface area contributed by atoms with Crippen LogP contribution in [0.25, 0.3) is 10.1 Å². The Morgan fingerprint density at radius 2 is 1.85 bits per heavy atom. The minimum Gasteiger partial charge on any atom is -0.373 e. The second-order valence-corrected chi connectivity index (χ2v) is 5.71. The van der Waals surface area contributed by atoms with Crippen LogP contribution in [0.4, 0.5) is 13.8 Å². The van der Waals surface area contributed by atoms with Gasteiger partial charge in [0.1, 0.15) is 0 Å². The van der Waals surface area contributed by atoms with Gasteiger partial charge in [-0.1, -0.05) is 24.3 Å². The van der Waals surface area contributed by atoms with Crippen LogP contribution >= 0.6 is 11.3 Å². The van der Waals surface area contributed by atoms with Crippen molar-refractivity contribution in [3.8, 4) is 0 Å². The number of hydrogen-bond acceptors (Lipinski definition) is 2. The van der Waals surface area contributed by atoms with Crippen LogP contribution in [0.15, 0.2) is 42.5 Å². The van der Waals surface area contributed by atoms with Gasteiger partial charge in [-0.15, -0.1) is 11.3 Å². The molecule has 4 heteroatoms. The normalized spacial score (nSPS) is 10.9. The summed E-state index contributed by atoms with van der Waals surface area (Å²) in [6, 6.07) is 12.2. The van der Waals surface area contributed by atoms with Gasteiger partial charge in [0.2, 0.25) is 0 Å². The van der Waals surface area contributed by atoms with Crippen molar-refractivity contribution >= 4 is 26.4 Å². The smallest absolute Gasteiger partial charge is 0.159 e. The molecule has 20 heavy (non-hydrogen) atoms. The lowest BCUT2D eigenvalue weighted by atomic mass is 10.2. The van der Waals surface area contributed by atoms with Crippen molar-refractivity contribution in [2.75, 3.05) is 5.32 Å². The second kappa shape index (κ2) is 5.21. The van der Waals surface area contributed by atoms with E-state index in [2.05, 4.69) is 24.4 Å². The minimum absolute atomic E-state index is 0.477. The summed E-state index contributed by atoms with van der Waals surface area (Å²) in [6.45, 7) is 2.54. The Bertz CT molecular complexity index is 764. The van der Waals surface area contributed by atoms with Crippen LogP contribution in [-0.4, -0.2) is 0 Å². The SMILES string of the molecule is Cc1c(NCc2ccc(F)c(F)c2)sc2ccccc12. The third kappa shape index (κ3) is 2.39. The summed E-state index contributed by atoms with van der Waals surface area (Å²) >= 11 is 1.67. The highest BCUT2D eigenvalue weighted by atomic mass is 32.1. The Hall–Kier alpha value is -1.94. The molecule has 0 atom stereocenters. The lowest BCUT2D eigenvalue weighted by molar-refractivity contribution is 0.507. The number of thiophene rings is 1. The van der Waals surface area contributed by atoms with Crippen LogP contribution in [0.1, 0.15) is 11.1 Å². The van der Waals surface area contributed by atoms with E-state index in [9.17, 15) is 8.78 Å². The molecule has 1 nitrogen and oxygen atoms in total. The maximum atomic E-state index is 13.2. The summed E-state index contributed by atoms with van der Waals surface area (Å²) in [5.74, 6) is -1.62. The molecule has 0 saturated heterocycles. The summed E-state index contributed by atoms with van der Waals surface area (Å²) in [4.78, 5) is 0. The standard InChI is InChI=1S/C16H13F2NS/c1-10-12-4-2-3-5-15(12)20-16(10)19-9-11-6-7-13(17)14(18)8-11/h2-8,19H,9H2,1H3. The molecule has 102 valence electrons. The molecule has 1 heterocycles. The van der Waals surface area contributed by atoms with Gasteiger partial charge in [0, 0.05) is 11.2 Å². The van der Waals surface area contributed by atoms with Gasteiger partial charge in [-0.05, 0) is 41.6 Å². The molecule has 1 aromatic heterocycles. The van der Waals surface area contributed by atoms with E-state index in [4.69, 9.17) is 0 Å². The number of benzene rings is 2. The van der Waals surface area contributed by atoms with Crippen molar-refractivity contribution in [2.45, 2.75) is 13.5 Å². The molecule has 0 bridgehead atoms. The third-order valence-electron chi connectivity index (χ3n) is 3.28. The molecule has 2 aromatic carbocycles. The number of aryl methyl sites for hydroxylation is 1. The fourth-order valence-corrected chi connectivity index (χ4v) is 3.28. The predicted octanol–water partition coefficient (Wildman–Crippen LogP) is 5.10. The predicted molar refractivity (Wildman–Crippen MR) is 80.2 cm³/mol. The summed E-state index contributed by atoms with van der Waals surface area (Å²) in [7, 11) is 0. The Labute approximate surface area is 119 Å². The summed E-state index contributed by atoms with van der Waals surface area (Å²) in [5.41, 5.74) is 1.91. The van der Waals surface area contributed by atoms with Crippen LogP contribution in [-0.2, 0) is 6.54 Å². The summed E-state index contributed by atoms with van der Waals surface area (Å²) < 4.78 is 27.2. The minimum atomic E-state index is -0.813. The van der Waals surface area contributed by atoms with E-state index >= 15 is 0 Å². The zero-order chi connectivity index (χ0) is 14.1. The quantitative estimate of drug-likeness (QED) is 0.707. The molecule has 0 aliphatic heterocycles. The Morgan fingerprint density at radius 1 is 1.05 bits per heavy atom. The number of halogens is 2. The van der Waals surface area contributed by atoms with Gasteiger partial charge >= 0.3 is 0 Å². The van der Waals surface area contributed by atoms with E-state index in [0.29, 0.717) is 6.54 Å². The molecular formula is C16H13F2NS. The summed E-state index contributed by atoms with van der Waals surface area (Å²) in [6.07, 6.45) is 0. The van der Waals surface area contributed by atoms with Crippen molar-refractivity contribution in [1.29, 1.82) is 0 Å². The van der Waals surface area contributed by atoms with E-state index < -0.39 is 11.6 Å². The zero-order valence-electron chi connectivity index (χ0n) is 10.9. The highest BCUT2D eigenvalue weighted by Gasteiger charge is 2.08. The number of fused-ring (bicyclic) bond motifs is 1. The highest BCUT2D eigenvalue weighted by molar-refractivity contribution is 7.23. The molecule has 3 aromatic rings. The second-order valence-electron chi connectivity index (χ2n) is 4.65. The van der Waals surface area contributed by atoms with Crippen molar-refractivity contribution in [3.63, 3.8) is 0 Å². The average Bonchev–Trinajstić information content (AvgIpc) is 2.77. The van der Waals surface area contributed by atoms with Crippen molar-refractivity contribution in [1.82, 2.24) is 0 Å². The zero-order valence-corrected chi connectivity index (χ0v) is 11.7. The molecule has 0 amide bonds. The van der Waals surface area contributed by atoms with Gasteiger partial charge in [0.05, 0.1) is 5.00 Å². The fraction of sp³-hybridized carbons (Fsp3) is 0.125. The third-order valence-corrected chi connectivity index (χ3v) is 4.51. The van der Waals surface area contributed by atoms with Crippen molar-refractivity contribution in [3.05, 3.63) is 65.2 Å². The number of rotatable bonds is 3. The molecule has 0 spiro atoms. The molecule has 0 aliphatic carbocycles. The van der Waals surface area contributed by atoms with Crippen LogP contribution in [0.2, 0.25) is 0 Å². The van der Waals surface area contributed by atoms with Crippen LogP contribution in [0, 0.1) is 18.6 Å². The van der Waals surface area contributed by atoms with Gasteiger partial charge in [-0.2, -0.15) is 0 Å².